The van der Waals surface area contributed by atoms with Gasteiger partial charge in [0.1, 0.15) is 0 Å². The van der Waals surface area contributed by atoms with Crippen molar-refractivity contribution in [3.8, 4) is 0 Å². The third-order valence-electron chi connectivity index (χ3n) is 3.95. The lowest BCUT2D eigenvalue weighted by Crippen LogP contribution is -2.36. The number of carbonyl (C=O) groups excluding carboxylic acids is 1. The Morgan fingerprint density at radius 3 is 2.63 bits per heavy atom. The van der Waals surface area contributed by atoms with Gasteiger partial charge < -0.3 is 20.4 Å². The highest BCUT2D eigenvalue weighted by atomic mass is 16.3. The fraction of sp³-hybridized carbons (Fsp3) is 0.500. The molecule has 5 heteroatoms. The first-order valence-electron chi connectivity index (χ1n) is 6.64. The zero-order chi connectivity index (χ0) is 13.4. The summed E-state index contributed by atoms with van der Waals surface area (Å²) in [7, 11) is 0. The van der Waals surface area contributed by atoms with E-state index in [0.717, 1.165) is 24.2 Å². The topological polar surface area (TPSA) is 72.8 Å². The molecule has 2 heterocycles. The molecule has 19 heavy (non-hydrogen) atoms. The van der Waals surface area contributed by atoms with Crippen LogP contribution >= 0.6 is 0 Å². The summed E-state index contributed by atoms with van der Waals surface area (Å²) in [5.41, 5.74) is 2.02. The number of aliphatic hydroxyl groups excluding tert-OH is 2. The summed E-state index contributed by atoms with van der Waals surface area (Å²) >= 11 is 0. The fourth-order valence-corrected chi connectivity index (χ4v) is 2.89. The Labute approximate surface area is 111 Å². The molecular weight excluding hydrogens is 244 g/mol. The maximum absolute atomic E-state index is 12.5. The van der Waals surface area contributed by atoms with Crippen molar-refractivity contribution in [2.75, 3.05) is 25.0 Å². The predicted molar refractivity (Wildman–Crippen MR) is 70.9 cm³/mol. The van der Waals surface area contributed by atoms with Crippen LogP contribution in [0.2, 0.25) is 0 Å². The number of fused-ring (bicyclic) bond motifs is 1. The van der Waals surface area contributed by atoms with Crippen LogP contribution in [-0.4, -0.2) is 52.9 Å². The van der Waals surface area contributed by atoms with Gasteiger partial charge in [0.2, 0.25) is 5.91 Å². The number of β-amino-alcohol motifs (C(OH)–C–C–N with tert-alkyl or cyclic N) is 2. The number of amides is 1. The molecule has 1 amide bonds. The van der Waals surface area contributed by atoms with Gasteiger partial charge in [0.05, 0.1) is 18.1 Å². The van der Waals surface area contributed by atoms with Crippen LogP contribution in [0.3, 0.4) is 0 Å². The second-order valence-electron chi connectivity index (χ2n) is 5.23. The molecule has 0 aromatic heterocycles. The number of nitrogens with one attached hydrogen (secondary N) is 1. The van der Waals surface area contributed by atoms with Gasteiger partial charge in [-0.1, -0.05) is 18.2 Å². The molecule has 1 saturated heterocycles. The molecule has 102 valence electrons. The second-order valence-corrected chi connectivity index (χ2v) is 5.23. The van der Waals surface area contributed by atoms with E-state index >= 15 is 0 Å². The zero-order valence-electron chi connectivity index (χ0n) is 10.6. The van der Waals surface area contributed by atoms with Gasteiger partial charge in [-0.15, -0.1) is 0 Å². The summed E-state index contributed by atoms with van der Waals surface area (Å²) in [6, 6.07) is 7.82. The van der Waals surface area contributed by atoms with E-state index in [1.807, 2.05) is 24.3 Å². The minimum atomic E-state index is -0.819. The smallest absolute Gasteiger partial charge is 0.230 e. The first kappa shape index (κ1) is 12.4. The van der Waals surface area contributed by atoms with E-state index in [-0.39, 0.29) is 24.9 Å². The standard InChI is InChI=1S/C14H18N2O3/c17-12-7-16(8-13(12)18)14(19)10-5-6-15-11-4-2-1-3-9(10)11/h1-4,10,12-13,15,17-18H,5-8H2/t10?,12-,13+. The van der Waals surface area contributed by atoms with Crippen molar-refractivity contribution in [2.24, 2.45) is 0 Å². The predicted octanol–water partition coefficient (Wildman–Crippen LogP) is 0.150. The van der Waals surface area contributed by atoms with Crippen LogP contribution < -0.4 is 5.32 Å². The quantitative estimate of drug-likeness (QED) is 0.673. The van der Waals surface area contributed by atoms with Gasteiger partial charge in [0.25, 0.3) is 0 Å². The Bertz CT molecular complexity index is 481. The maximum Gasteiger partial charge on any atom is 0.230 e. The monoisotopic (exact) mass is 262 g/mol. The molecule has 0 spiro atoms. The van der Waals surface area contributed by atoms with E-state index in [9.17, 15) is 15.0 Å². The molecule has 0 saturated carbocycles. The van der Waals surface area contributed by atoms with Crippen LogP contribution in [0.15, 0.2) is 24.3 Å². The SMILES string of the molecule is O=C(C1CCNc2ccccc21)N1C[C@@H](O)[C@@H](O)C1. The van der Waals surface area contributed by atoms with Crippen LogP contribution in [-0.2, 0) is 4.79 Å². The minimum Gasteiger partial charge on any atom is -0.388 e. The van der Waals surface area contributed by atoms with Crippen molar-refractivity contribution in [3.05, 3.63) is 29.8 Å². The molecule has 3 atom stereocenters. The van der Waals surface area contributed by atoms with Crippen LogP contribution in [0.1, 0.15) is 17.9 Å². The highest BCUT2D eigenvalue weighted by Crippen LogP contribution is 2.33. The molecule has 2 aliphatic heterocycles. The van der Waals surface area contributed by atoms with E-state index < -0.39 is 12.2 Å². The number of rotatable bonds is 1. The summed E-state index contributed by atoms with van der Waals surface area (Å²) in [6.07, 6.45) is -0.889. The highest BCUT2D eigenvalue weighted by molar-refractivity contribution is 5.86. The van der Waals surface area contributed by atoms with Crippen LogP contribution in [0.25, 0.3) is 0 Å². The second kappa shape index (κ2) is 4.83. The lowest BCUT2D eigenvalue weighted by molar-refractivity contribution is -0.132. The number of para-hydroxylation sites is 1. The molecule has 0 bridgehead atoms. The number of benzene rings is 1. The summed E-state index contributed by atoms with van der Waals surface area (Å²) < 4.78 is 0. The molecule has 0 radical (unpaired) electrons. The third-order valence-corrected chi connectivity index (χ3v) is 3.95. The molecule has 0 aliphatic carbocycles. The van der Waals surface area contributed by atoms with Gasteiger partial charge in [-0.25, -0.2) is 0 Å². The Morgan fingerprint density at radius 1 is 1.21 bits per heavy atom. The zero-order valence-corrected chi connectivity index (χ0v) is 10.6. The minimum absolute atomic E-state index is 0.00421. The van der Waals surface area contributed by atoms with Crippen LogP contribution in [0, 0.1) is 0 Å². The number of anilines is 1. The number of likely N-dealkylation sites (tertiary alicyclic amines) is 1. The Balaban J connectivity index is 1.82. The average Bonchev–Trinajstić information content (AvgIpc) is 2.77. The van der Waals surface area contributed by atoms with Crippen molar-refractivity contribution in [2.45, 2.75) is 24.5 Å². The molecule has 1 fully saturated rings. The number of aliphatic hydroxyl groups is 2. The van der Waals surface area contributed by atoms with Crippen molar-refractivity contribution < 1.29 is 15.0 Å². The molecule has 5 nitrogen and oxygen atoms in total. The van der Waals surface area contributed by atoms with E-state index in [1.54, 1.807) is 4.90 Å². The van der Waals surface area contributed by atoms with Gasteiger partial charge in [0, 0.05) is 25.3 Å². The lowest BCUT2D eigenvalue weighted by atomic mass is 9.90. The summed E-state index contributed by atoms with van der Waals surface area (Å²) in [5, 5.41) is 22.4. The van der Waals surface area contributed by atoms with Gasteiger partial charge >= 0.3 is 0 Å². The van der Waals surface area contributed by atoms with Crippen molar-refractivity contribution in [3.63, 3.8) is 0 Å². The third kappa shape index (κ3) is 2.19. The maximum atomic E-state index is 12.5. The largest absolute Gasteiger partial charge is 0.388 e. The lowest BCUT2D eigenvalue weighted by Gasteiger charge is -2.29. The van der Waals surface area contributed by atoms with E-state index in [4.69, 9.17) is 0 Å². The normalized spacial score (nSPS) is 29.8. The molecule has 1 unspecified atom stereocenters. The van der Waals surface area contributed by atoms with E-state index in [2.05, 4.69) is 5.32 Å². The summed E-state index contributed by atoms with van der Waals surface area (Å²) in [4.78, 5) is 14.1. The number of nitrogens with zero attached hydrogens (tertiary/aromatic N) is 1. The molecular formula is C14H18N2O3. The number of carbonyl (C=O) groups is 1. The first-order valence-corrected chi connectivity index (χ1v) is 6.64. The molecule has 3 N–H and O–H groups in total. The Hall–Kier alpha value is -1.59. The van der Waals surface area contributed by atoms with Crippen LogP contribution in [0.4, 0.5) is 5.69 Å². The molecule has 3 rings (SSSR count). The van der Waals surface area contributed by atoms with Crippen molar-refractivity contribution in [1.82, 2.24) is 4.90 Å². The molecule has 1 aromatic rings. The highest BCUT2D eigenvalue weighted by Gasteiger charge is 2.37. The summed E-state index contributed by atoms with van der Waals surface area (Å²) in [5.74, 6) is -0.167. The van der Waals surface area contributed by atoms with Gasteiger partial charge in [-0.05, 0) is 18.1 Å². The molecule has 1 aromatic carbocycles. The number of hydrogen-bond donors (Lipinski definition) is 3. The Morgan fingerprint density at radius 2 is 1.89 bits per heavy atom. The van der Waals surface area contributed by atoms with E-state index in [0.29, 0.717) is 0 Å². The van der Waals surface area contributed by atoms with Crippen molar-refractivity contribution in [1.29, 1.82) is 0 Å². The average molecular weight is 262 g/mol. The Kier molecular flexibility index (Phi) is 3.16. The van der Waals surface area contributed by atoms with Gasteiger partial charge in [-0.3, -0.25) is 4.79 Å². The number of hydrogen-bond acceptors (Lipinski definition) is 4. The van der Waals surface area contributed by atoms with E-state index in [1.165, 1.54) is 0 Å². The van der Waals surface area contributed by atoms with Crippen molar-refractivity contribution >= 4 is 11.6 Å². The summed E-state index contributed by atoms with van der Waals surface area (Å²) in [6.45, 7) is 1.23. The fourth-order valence-electron chi connectivity index (χ4n) is 2.89. The van der Waals surface area contributed by atoms with Crippen LogP contribution in [0.5, 0.6) is 0 Å². The van der Waals surface area contributed by atoms with Gasteiger partial charge in [-0.2, -0.15) is 0 Å². The molecule has 2 aliphatic rings. The first-order chi connectivity index (χ1) is 9.16. The van der Waals surface area contributed by atoms with Gasteiger partial charge in [0.15, 0.2) is 0 Å².